The summed E-state index contributed by atoms with van der Waals surface area (Å²) in [6.07, 6.45) is 4.99. The van der Waals surface area contributed by atoms with Gasteiger partial charge in [-0.15, -0.1) is 0 Å². The Kier molecular flexibility index (Phi) is 19.4. The lowest BCUT2D eigenvalue weighted by Gasteiger charge is -2.38. The first-order valence-corrected chi connectivity index (χ1v) is 28.4. The van der Waals surface area contributed by atoms with Crippen LogP contribution in [0, 0.1) is 0 Å². The number of esters is 1. The van der Waals surface area contributed by atoms with Gasteiger partial charge in [-0.1, -0.05) is 38.1 Å². The first-order chi connectivity index (χ1) is 25.8. The van der Waals surface area contributed by atoms with Crippen LogP contribution in [0.3, 0.4) is 0 Å². The van der Waals surface area contributed by atoms with Crippen LogP contribution in [0.2, 0.25) is 51.4 Å². The molecule has 0 fully saturated rings. The monoisotopic (exact) mass is 804 g/mol. The van der Waals surface area contributed by atoms with E-state index in [2.05, 4.69) is 77.4 Å². The first kappa shape index (κ1) is 47.2. The van der Waals surface area contributed by atoms with E-state index in [0.29, 0.717) is 22.7 Å². The number of carbonyl (C=O) groups is 1. The zero-order chi connectivity index (χ0) is 41.2. The Hall–Kier alpha value is -3.96. The molecule has 4 aromatic carbocycles. The van der Waals surface area contributed by atoms with E-state index in [0.717, 1.165) is 68.7 Å². The Labute approximate surface area is 333 Å². The van der Waals surface area contributed by atoms with Crippen molar-refractivity contribution in [2.24, 2.45) is 11.5 Å². The highest BCUT2D eigenvalue weighted by Crippen LogP contribution is 2.26. The third kappa shape index (κ3) is 18.0. The molecule has 0 aliphatic carbocycles. The zero-order valence-corrected chi connectivity index (χ0v) is 37.5. The average Bonchev–Trinajstić information content (AvgIpc) is 3.12. The van der Waals surface area contributed by atoms with Gasteiger partial charge in [0.15, 0.2) is 16.6 Å². The third-order valence-corrected chi connectivity index (χ3v) is 20.3. The Balaban J connectivity index is 0.000000285. The summed E-state index contributed by atoms with van der Waals surface area (Å²) in [6.45, 7) is 19.2. The normalized spacial score (nSPS) is 11.5. The molecule has 0 atom stereocenters. The summed E-state index contributed by atoms with van der Waals surface area (Å²) in [5, 5.41) is 0. The fourth-order valence-corrected chi connectivity index (χ4v) is 20.3. The molecule has 10 nitrogen and oxygen atoms in total. The number of benzene rings is 4. The maximum absolute atomic E-state index is 11.7. The Morgan fingerprint density at radius 1 is 0.582 bits per heavy atom. The van der Waals surface area contributed by atoms with E-state index in [9.17, 15) is 4.79 Å². The molecule has 0 bridgehead atoms. The van der Waals surface area contributed by atoms with Crippen molar-refractivity contribution in [3.05, 3.63) is 113 Å². The Morgan fingerprint density at radius 3 is 1.36 bits per heavy atom. The lowest BCUT2D eigenvalue weighted by atomic mass is 9.98. The number of hydrogen-bond acceptors (Lipinski definition) is 10. The molecule has 0 saturated carbocycles. The SMILES string of the molecule is CCc1cc(Cc2ccc(N)c(CC)c2)ccc1N.C[Si](C)(CCCN)O[Si](C)(C)O[Si](C)(C)CCCN.Nc1ccc(OC(=O)c2ccc(N)cc2)cc1. The van der Waals surface area contributed by atoms with Crippen LogP contribution in [0.25, 0.3) is 0 Å². The van der Waals surface area contributed by atoms with Crippen LogP contribution in [0.5, 0.6) is 5.75 Å². The van der Waals surface area contributed by atoms with Gasteiger partial charge in [0.2, 0.25) is 0 Å². The van der Waals surface area contributed by atoms with Crippen molar-refractivity contribution in [3.63, 3.8) is 0 Å². The summed E-state index contributed by atoms with van der Waals surface area (Å²) >= 11 is 0. The maximum atomic E-state index is 11.7. The maximum Gasteiger partial charge on any atom is 0.343 e. The van der Waals surface area contributed by atoms with Gasteiger partial charge < -0.3 is 47.4 Å². The molecular formula is C42H68N6O4Si3. The lowest BCUT2D eigenvalue weighted by molar-refractivity contribution is 0.0734. The number of aryl methyl sites for hydroxylation is 2. The van der Waals surface area contributed by atoms with Gasteiger partial charge in [0.05, 0.1) is 5.56 Å². The summed E-state index contributed by atoms with van der Waals surface area (Å²) in [6, 6.07) is 28.1. The molecule has 4 rings (SSSR count). The largest absolute Gasteiger partial charge is 0.437 e. The van der Waals surface area contributed by atoms with Crippen LogP contribution >= 0.6 is 0 Å². The number of rotatable bonds is 16. The standard InChI is InChI=1S/C17H22N2.C13H12N2O2.C12H34N2O2Si3/c1-3-14-10-12(5-7-16(14)18)9-13-6-8-17(19)15(4-2)11-13;14-10-3-1-9(2-4-10)13(16)17-12-7-5-11(15)6-8-12;1-17(2,11-7-9-13)15-19(5,6)16-18(3,4)12-8-10-14/h5-8,10-11H,3-4,9,18-19H2,1-2H3;1-8H,14-15H2;7-14H2,1-6H3. The minimum absolute atomic E-state index is 0.422. The molecule has 0 unspecified atom stereocenters. The van der Waals surface area contributed by atoms with Crippen molar-refractivity contribution in [1.82, 2.24) is 0 Å². The van der Waals surface area contributed by atoms with Gasteiger partial charge in [-0.3, -0.25) is 0 Å². The molecule has 4 aromatic rings. The zero-order valence-electron chi connectivity index (χ0n) is 34.5. The van der Waals surface area contributed by atoms with E-state index in [1.54, 1.807) is 48.5 Å². The van der Waals surface area contributed by atoms with E-state index >= 15 is 0 Å². The molecule has 0 aromatic heterocycles. The summed E-state index contributed by atoms with van der Waals surface area (Å²) in [5.74, 6) is 0.0378. The van der Waals surface area contributed by atoms with Gasteiger partial charge in [-0.25, -0.2) is 4.79 Å². The van der Waals surface area contributed by atoms with E-state index in [4.69, 9.17) is 47.4 Å². The van der Waals surface area contributed by atoms with E-state index in [-0.39, 0.29) is 0 Å². The quantitative estimate of drug-likeness (QED) is 0.0276. The van der Waals surface area contributed by atoms with Gasteiger partial charge in [0.25, 0.3) is 0 Å². The number of anilines is 4. The second kappa shape index (κ2) is 22.6. The molecule has 0 aliphatic rings. The highest BCUT2D eigenvalue weighted by atomic mass is 28.5. The molecule has 0 radical (unpaired) electrons. The minimum Gasteiger partial charge on any atom is -0.437 e. The molecule has 0 saturated heterocycles. The summed E-state index contributed by atoms with van der Waals surface area (Å²) in [7, 11) is -5.31. The fraction of sp³-hybridized carbons (Fsp3) is 0.405. The van der Waals surface area contributed by atoms with Gasteiger partial charge >= 0.3 is 14.5 Å². The number of hydrogen-bond donors (Lipinski definition) is 6. The predicted molar refractivity (Wildman–Crippen MR) is 242 cm³/mol. The molecule has 0 heterocycles. The van der Waals surface area contributed by atoms with Gasteiger partial charge in [-0.05, 0) is 179 Å². The molecule has 13 heteroatoms. The van der Waals surface area contributed by atoms with Crippen molar-refractivity contribution in [1.29, 1.82) is 0 Å². The molecule has 55 heavy (non-hydrogen) atoms. The molecule has 0 amide bonds. The number of nitrogens with two attached hydrogens (primary N) is 6. The Morgan fingerprint density at radius 2 is 0.982 bits per heavy atom. The van der Waals surface area contributed by atoms with Crippen molar-refractivity contribution < 1.29 is 17.8 Å². The van der Waals surface area contributed by atoms with E-state index in [1.807, 2.05) is 12.1 Å². The minimum atomic E-state index is -2.03. The van der Waals surface area contributed by atoms with Gasteiger partial charge in [-0.2, -0.15) is 0 Å². The third-order valence-electron chi connectivity index (χ3n) is 8.83. The van der Waals surface area contributed by atoms with Gasteiger partial charge in [0.1, 0.15) is 5.75 Å². The van der Waals surface area contributed by atoms with E-state index in [1.165, 1.54) is 22.3 Å². The predicted octanol–water partition coefficient (Wildman–Crippen LogP) is 8.47. The number of ether oxygens (including phenoxy) is 1. The molecular weight excluding hydrogens is 737 g/mol. The fourth-order valence-electron chi connectivity index (χ4n) is 6.22. The molecule has 12 N–H and O–H groups in total. The van der Waals surface area contributed by atoms with Crippen molar-refractivity contribution >= 4 is 53.9 Å². The van der Waals surface area contributed by atoms with Gasteiger partial charge in [0, 0.05) is 22.7 Å². The first-order valence-electron chi connectivity index (χ1n) is 19.3. The number of carbonyl (C=O) groups excluding carboxylic acids is 1. The molecule has 0 aliphatic heterocycles. The second-order valence-corrected chi connectivity index (χ2v) is 27.9. The molecule has 0 spiro atoms. The number of nitrogen functional groups attached to an aromatic ring is 4. The smallest absolute Gasteiger partial charge is 0.343 e. The van der Waals surface area contributed by atoms with Crippen molar-refractivity contribution in [3.8, 4) is 5.75 Å². The van der Waals surface area contributed by atoms with Crippen LogP contribution in [0.4, 0.5) is 22.7 Å². The summed E-state index contributed by atoms with van der Waals surface area (Å²) in [5.41, 5.74) is 42.7. The summed E-state index contributed by atoms with van der Waals surface area (Å²) in [4.78, 5) is 11.7. The van der Waals surface area contributed by atoms with E-state index < -0.39 is 31.2 Å². The van der Waals surface area contributed by atoms with Crippen molar-refractivity contribution in [2.45, 2.75) is 97.3 Å². The second-order valence-electron chi connectivity index (χ2n) is 15.4. The highest BCUT2D eigenvalue weighted by molar-refractivity contribution is 6.87. The Bertz CT molecular complexity index is 1680. The van der Waals surface area contributed by atoms with Crippen LogP contribution in [-0.4, -0.2) is 44.3 Å². The molecule has 302 valence electrons. The topological polar surface area (TPSA) is 201 Å². The summed E-state index contributed by atoms with van der Waals surface area (Å²) < 4.78 is 18.1. The van der Waals surface area contributed by atoms with Crippen LogP contribution in [0.15, 0.2) is 84.9 Å². The van der Waals surface area contributed by atoms with Crippen LogP contribution < -0.4 is 39.1 Å². The van der Waals surface area contributed by atoms with Crippen LogP contribution in [0.1, 0.15) is 59.3 Å². The van der Waals surface area contributed by atoms with Crippen LogP contribution in [-0.2, 0) is 27.5 Å². The van der Waals surface area contributed by atoms with Crippen molar-refractivity contribution in [2.75, 3.05) is 36.0 Å². The average molecular weight is 805 g/mol. The highest BCUT2D eigenvalue weighted by Gasteiger charge is 2.39. The lowest BCUT2D eigenvalue weighted by Crippen LogP contribution is -2.52.